The largest absolute Gasteiger partial charge is 0.312 e. The number of rotatable bonds is 5. The maximum atomic E-state index is 3.59. The molecule has 0 aliphatic heterocycles. The van der Waals surface area contributed by atoms with Crippen LogP contribution >= 0.6 is 0 Å². The third-order valence-electron chi connectivity index (χ3n) is 3.96. The van der Waals surface area contributed by atoms with Gasteiger partial charge in [0.1, 0.15) is 0 Å². The lowest BCUT2D eigenvalue weighted by Crippen LogP contribution is -2.33. The maximum absolute atomic E-state index is 3.59. The smallest absolute Gasteiger partial charge is 0.0208 e. The van der Waals surface area contributed by atoms with E-state index in [1.807, 2.05) is 0 Å². The standard InChI is InChI=1S/C16H27N/c1-12(2)16(5,6)11-17-10-15-9-13(3)7-8-14(15)4/h7-9,12,17H,10-11H2,1-6H3. The van der Waals surface area contributed by atoms with Crippen LogP contribution in [-0.4, -0.2) is 6.54 Å². The Morgan fingerprint density at radius 2 is 1.82 bits per heavy atom. The lowest BCUT2D eigenvalue weighted by molar-refractivity contribution is 0.238. The number of aryl methyl sites for hydroxylation is 2. The minimum Gasteiger partial charge on any atom is -0.312 e. The van der Waals surface area contributed by atoms with Gasteiger partial charge in [-0.2, -0.15) is 0 Å². The molecule has 0 aromatic heterocycles. The molecule has 0 saturated carbocycles. The molecule has 96 valence electrons. The van der Waals surface area contributed by atoms with E-state index in [0.29, 0.717) is 11.3 Å². The van der Waals surface area contributed by atoms with Crippen molar-refractivity contribution in [2.45, 2.75) is 48.1 Å². The van der Waals surface area contributed by atoms with Gasteiger partial charge in [-0.3, -0.25) is 0 Å². The van der Waals surface area contributed by atoms with Crippen LogP contribution in [0, 0.1) is 25.2 Å². The topological polar surface area (TPSA) is 12.0 Å². The Balaban J connectivity index is 2.54. The SMILES string of the molecule is Cc1ccc(C)c(CNCC(C)(C)C(C)C)c1. The maximum Gasteiger partial charge on any atom is 0.0208 e. The molecular formula is C16H27N. The molecule has 1 N–H and O–H groups in total. The Morgan fingerprint density at radius 1 is 1.18 bits per heavy atom. The van der Waals surface area contributed by atoms with Crippen LogP contribution in [0.15, 0.2) is 18.2 Å². The fraction of sp³-hybridized carbons (Fsp3) is 0.625. The Bertz CT molecular complexity index is 364. The highest BCUT2D eigenvalue weighted by atomic mass is 14.9. The van der Waals surface area contributed by atoms with Crippen molar-refractivity contribution >= 4 is 0 Å². The summed E-state index contributed by atoms with van der Waals surface area (Å²) in [7, 11) is 0. The molecule has 0 unspecified atom stereocenters. The van der Waals surface area contributed by atoms with Crippen LogP contribution in [0.5, 0.6) is 0 Å². The molecule has 0 radical (unpaired) electrons. The molecule has 0 aliphatic rings. The first-order valence-electron chi connectivity index (χ1n) is 6.60. The van der Waals surface area contributed by atoms with Crippen molar-refractivity contribution in [1.29, 1.82) is 0 Å². The molecule has 1 rings (SSSR count). The summed E-state index contributed by atoms with van der Waals surface area (Å²) < 4.78 is 0. The van der Waals surface area contributed by atoms with Crippen LogP contribution in [0.4, 0.5) is 0 Å². The average Bonchev–Trinajstić information content (AvgIpc) is 2.22. The number of hydrogen-bond donors (Lipinski definition) is 1. The van der Waals surface area contributed by atoms with Gasteiger partial charge in [0.25, 0.3) is 0 Å². The van der Waals surface area contributed by atoms with Crippen molar-refractivity contribution in [3.8, 4) is 0 Å². The summed E-state index contributed by atoms with van der Waals surface area (Å²) in [6.45, 7) is 15.6. The third kappa shape index (κ3) is 4.16. The van der Waals surface area contributed by atoms with Gasteiger partial charge in [-0.05, 0) is 36.3 Å². The monoisotopic (exact) mass is 233 g/mol. The van der Waals surface area contributed by atoms with Crippen LogP contribution in [0.1, 0.15) is 44.4 Å². The lowest BCUT2D eigenvalue weighted by atomic mass is 9.81. The van der Waals surface area contributed by atoms with E-state index < -0.39 is 0 Å². The second-order valence-corrected chi connectivity index (χ2v) is 6.18. The number of benzene rings is 1. The van der Waals surface area contributed by atoms with Crippen molar-refractivity contribution in [2.75, 3.05) is 6.54 Å². The van der Waals surface area contributed by atoms with E-state index in [1.165, 1.54) is 16.7 Å². The van der Waals surface area contributed by atoms with Gasteiger partial charge >= 0.3 is 0 Å². The van der Waals surface area contributed by atoms with Gasteiger partial charge in [0.15, 0.2) is 0 Å². The molecule has 17 heavy (non-hydrogen) atoms. The Morgan fingerprint density at radius 3 is 2.41 bits per heavy atom. The molecule has 0 fully saturated rings. The van der Waals surface area contributed by atoms with E-state index in [0.717, 1.165) is 13.1 Å². The zero-order chi connectivity index (χ0) is 13.1. The van der Waals surface area contributed by atoms with Crippen molar-refractivity contribution in [2.24, 2.45) is 11.3 Å². The van der Waals surface area contributed by atoms with E-state index in [9.17, 15) is 0 Å². The Kier molecular flexibility index (Phi) is 4.76. The van der Waals surface area contributed by atoms with E-state index in [-0.39, 0.29) is 0 Å². The summed E-state index contributed by atoms with van der Waals surface area (Å²) >= 11 is 0. The first-order valence-corrected chi connectivity index (χ1v) is 6.60. The fourth-order valence-electron chi connectivity index (χ4n) is 1.71. The van der Waals surface area contributed by atoms with E-state index in [2.05, 4.69) is 65.1 Å². The molecule has 0 atom stereocenters. The highest BCUT2D eigenvalue weighted by Gasteiger charge is 2.21. The molecule has 0 spiro atoms. The zero-order valence-corrected chi connectivity index (χ0v) is 12.2. The minimum atomic E-state index is 0.359. The number of nitrogens with one attached hydrogen (secondary N) is 1. The molecule has 1 nitrogen and oxygen atoms in total. The Labute approximate surface area is 107 Å². The normalized spacial score (nSPS) is 12.2. The second kappa shape index (κ2) is 5.68. The van der Waals surface area contributed by atoms with Crippen molar-refractivity contribution in [1.82, 2.24) is 5.32 Å². The quantitative estimate of drug-likeness (QED) is 0.808. The first-order chi connectivity index (χ1) is 7.83. The van der Waals surface area contributed by atoms with Crippen LogP contribution in [0.2, 0.25) is 0 Å². The zero-order valence-electron chi connectivity index (χ0n) is 12.2. The van der Waals surface area contributed by atoms with Crippen LogP contribution in [0.25, 0.3) is 0 Å². The molecule has 0 amide bonds. The van der Waals surface area contributed by atoms with Crippen molar-refractivity contribution in [3.05, 3.63) is 34.9 Å². The highest BCUT2D eigenvalue weighted by Crippen LogP contribution is 2.24. The molecular weight excluding hydrogens is 206 g/mol. The van der Waals surface area contributed by atoms with Gasteiger partial charge in [0, 0.05) is 13.1 Å². The summed E-state index contributed by atoms with van der Waals surface area (Å²) in [5.74, 6) is 0.702. The van der Waals surface area contributed by atoms with Gasteiger partial charge in [-0.1, -0.05) is 51.5 Å². The first kappa shape index (κ1) is 14.2. The predicted molar refractivity (Wildman–Crippen MR) is 76.2 cm³/mol. The van der Waals surface area contributed by atoms with Gasteiger partial charge in [0.05, 0.1) is 0 Å². The molecule has 1 aromatic carbocycles. The van der Waals surface area contributed by atoms with Gasteiger partial charge in [-0.25, -0.2) is 0 Å². The summed E-state index contributed by atoms with van der Waals surface area (Å²) in [4.78, 5) is 0. The van der Waals surface area contributed by atoms with Gasteiger partial charge in [-0.15, -0.1) is 0 Å². The fourth-order valence-corrected chi connectivity index (χ4v) is 1.71. The third-order valence-corrected chi connectivity index (χ3v) is 3.96. The van der Waals surface area contributed by atoms with Gasteiger partial charge in [0.2, 0.25) is 0 Å². The second-order valence-electron chi connectivity index (χ2n) is 6.18. The minimum absolute atomic E-state index is 0.359. The molecule has 0 heterocycles. The summed E-state index contributed by atoms with van der Waals surface area (Å²) in [5.41, 5.74) is 4.50. The Hall–Kier alpha value is -0.820. The molecule has 0 bridgehead atoms. The molecule has 1 aromatic rings. The van der Waals surface area contributed by atoms with E-state index in [1.54, 1.807) is 0 Å². The van der Waals surface area contributed by atoms with E-state index >= 15 is 0 Å². The average molecular weight is 233 g/mol. The summed E-state index contributed by atoms with van der Waals surface area (Å²) in [6.07, 6.45) is 0. The summed E-state index contributed by atoms with van der Waals surface area (Å²) in [6, 6.07) is 6.67. The highest BCUT2D eigenvalue weighted by molar-refractivity contribution is 5.30. The molecule has 0 saturated heterocycles. The van der Waals surface area contributed by atoms with Crippen LogP contribution in [-0.2, 0) is 6.54 Å². The number of hydrogen-bond acceptors (Lipinski definition) is 1. The summed E-state index contributed by atoms with van der Waals surface area (Å²) in [5, 5.41) is 3.59. The lowest BCUT2D eigenvalue weighted by Gasteiger charge is -2.29. The molecule has 1 heteroatoms. The van der Waals surface area contributed by atoms with Crippen LogP contribution < -0.4 is 5.32 Å². The molecule has 0 aliphatic carbocycles. The predicted octanol–water partition coefficient (Wildman–Crippen LogP) is 4.08. The van der Waals surface area contributed by atoms with Gasteiger partial charge < -0.3 is 5.32 Å². The van der Waals surface area contributed by atoms with Crippen molar-refractivity contribution < 1.29 is 0 Å². The van der Waals surface area contributed by atoms with Crippen molar-refractivity contribution in [3.63, 3.8) is 0 Å². The van der Waals surface area contributed by atoms with Crippen LogP contribution in [0.3, 0.4) is 0 Å². The van der Waals surface area contributed by atoms with E-state index in [4.69, 9.17) is 0 Å².